The number of imide groups is 1. The number of hydrogen-bond acceptors (Lipinski definition) is 5. The summed E-state index contributed by atoms with van der Waals surface area (Å²) in [6.45, 7) is 1.86. The third-order valence-electron chi connectivity index (χ3n) is 9.02. The number of amides is 6. The van der Waals surface area contributed by atoms with Gasteiger partial charge in [-0.3, -0.25) is 24.1 Å². The number of benzene rings is 2. The highest BCUT2D eigenvalue weighted by Crippen LogP contribution is 2.37. The van der Waals surface area contributed by atoms with E-state index in [1.807, 2.05) is 13.0 Å². The Labute approximate surface area is 243 Å². The maximum atomic E-state index is 13.8. The molecule has 2 aliphatic heterocycles. The van der Waals surface area contributed by atoms with E-state index in [2.05, 4.69) is 16.0 Å². The Bertz CT molecular complexity index is 1460. The van der Waals surface area contributed by atoms with E-state index in [0.717, 1.165) is 34.4 Å². The van der Waals surface area contributed by atoms with Crippen molar-refractivity contribution in [2.45, 2.75) is 76.0 Å². The molecule has 6 amide bonds. The number of anilines is 1. The minimum atomic E-state index is -1.17. The zero-order valence-corrected chi connectivity index (χ0v) is 23.5. The maximum Gasteiger partial charge on any atom is 0.325 e. The Morgan fingerprint density at radius 1 is 1.07 bits per heavy atom. The molecule has 10 nitrogen and oxygen atoms in total. The molecule has 2 aromatic carbocycles. The van der Waals surface area contributed by atoms with Crippen molar-refractivity contribution in [2.75, 3.05) is 11.9 Å². The second kappa shape index (κ2) is 10.8. The highest BCUT2D eigenvalue weighted by molar-refractivity contribution is 6.09. The summed E-state index contributed by atoms with van der Waals surface area (Å²) in [4.78, 5) is 67.3. The van der Waals surface area contributed by atoms with Crippen LogP contribution in [0.2, 0.25) is 0 Å². The van der Waals surface area contributed by atoms with Gasteiger partial charge in [0.1, 0.15) is 23.9 Å². The van der Waals surface area contributed by atoms with Gasteiger partial charge in [-0.25, -0.2) is 9.18 Å². The van der Waals surface area contributed by atoms with E-state index >= 15 is 0 Å². The fourth-order valence-electron chi connectivity index (χ4n) is 6.33. The molecule has 2 heterocycles. The van der Waals surface area contributed by atoms with Crippen molar-refractivity contribution >= 4 is 35.3 Å². The summed E-state index contributed by atoms with van der Waals surface area (Å²) in [6.07, 6.45) is 3.96. The van der Waals surface area contributed by atoms with Crippen molar-refractivity contribution in [1.29, 1.82) is 0 Å². The molecular formula is C31H34FN5O5. The van der Waals surface area contributed by atoms with Crippen LogP contribution in [-0.2, 0) is 38.6 Å². The van der Waals surface area contributed by atoms with E-state index in [9.17, 15) is 28.4 Å². The van der Waals surface area contributed by atoms with Crippen LogP contribution in [0.3, 0.4) is 0 Å². The van der Waals surface area contributed by atoms with E-state index in [0.29, 0.717) is 37.3 Å². The summed E-state index contributed by atoms with van der Waals surface area (Å²) in [5.74, 6) is -1.22. The first kappa shape index (κ1) is 27.9. The predicted octanol–water partition coefficient (Wildman–Crippen LogP) is 2.65. The molecule has 1 spiro atoms. The number of fused-ring (bicyclic) bond motifs is 1. The van der Waals surface area contributed by atoms with Gasteiger partial charge < -0.3 is 20.9 Å². The molecule has 2 aromatic rings. The average molecular weight is 576 g/mol. The minimum absolute atomic E-state index is 0.0787. The first-order valence-electron chi connectivity index (χ1n) is 14.5. The molecule has 2 aliphatic carbocycles. The van der Waals surface area contributed by atoms with E-state index in [1.54, 1.807) is 29.2 Å². The van der Waals surface area contributed by atoms with Gasteiger partial charge in [0.05, 0.1) is 0 Å². The quantitative estimate of drug-likeness (QED) is 0.417. The summed E-state index contributed by atoms with van der Waals surface area (Å²) in [5, 5.41) is 8.37. The topological polar surface area (TPSA) is 128 Å². The zero-order chi connectivity index (χ0) is 29.6. The lowest BCUT2D eigenvalue weighted by atomic mass is 9.77. The molecule has 6 rings (SSSR count). The van der Waals surface area contributed by atoms with Crippen LogP contribution in [0.25, 0.3) is 0 Å². The summed E-state index contributed by atoms with van der Waals surface area (Å²) in [6, 6.07) is 10.2. The van der Waals surface area contributed by atoms with Crippen LogP contribution < -0.4 is 16.0 Å². The molecule has 0 aromatic heterocycles. The van der Waals surface area contributed by atoms with E-state index in [-0.39, 0.29) is 49.1 Å². The Morgan fingerprint density at radius 3 is 2.52 bits per heavy atom. The van der Waals surface area contributed by atoms with Gasteiger partial charge in [-0.2, -0.15) is 0 Å². The Morgan fingerprint density at radius 2 is 1.83 bits per heavy atom. The summed E-state index contributed by atoms with van der Waals surface area (Å²) >= 11 is 0. The maximum absolute atomic E-state index is 13.8. The molecule has 3 N–H and O–H groups in total. The van der Waals surface area contributed by atoms with Crippen LogP contribution in [0.15, 0.2) is 42.5 Å². The van der Waals surface area contributed by atoms with Crippen LogP contribution in [0.5, 0.6) is 0 Å². The largest absolute Gasteiger partial charge is 0.344 e. The van der Waals surface area contributed by atoms with Gasteiger partial charge >= 0.3 is 6.03 Å². The first-order valence-corrected chi connectivity index (χ1v) is 14.5. The van der Waals surface area contributed by atoms with Gasteiger partial charge in [-0.15, -0.1) is 0 Å². The van der Waals surface area contributed by atoms with Crippen molar-refractivity contribution in [1.82, 2.24) is 20.4 Å². The van der Waals surface area contributed by atoms with Gasteiger partial charge in [0.25, 0.3) is 5.91 Å². The van der Waals surface area contributed by atoms with Gasteiger partial charge in [-0.1, -0.05) is 18.2 Å². The molecule has 2 saturated heterocycles. The van der Waals surface area contributed by atoms with Crippen LogP contribution >= 0.6 is 0 Å². The minimum Gasteiger partial charge on any atom is -0.344 e. The third-order valence-corrected chi connectivity index (χ3v) is 9.02. The van der Waals surface area contributed by atoms with Crippen molar-refractivity contribution in [3.8, 4) is 0 Å². The van der Waals surface area contributed by atoms with Crippen molar-refractivity contribution in [3.05, 3.63) is 65.0 Å². The number of rotatable bonds is 8. The molecule has 1 saturated carbocycles. The van der Waals surface area contributed by atoms with E-state index < -0.39 is 23.5 Å². The molecular weight excluding hydrogens is 541 g/mol. The monoisotopic (exact) mass is 575 g/mol. The standard InChI is InChI=1S/C31H34FN5O5/c1-18(20-4-5-20)36(16-19-2-7-23(32)8-3-19)27(39)17-37-29(41)31(35-30(37)42)13-12-21-6-9-24(14-22(21)15-31)33-28(40)25-10-11-26(38)34-25/h2-3,6-9,14,18,20,25H,4-5,10-13,15-17H2,1H3,(H,33,40)(H,34,38)(H,35,42)/t18-,25+,31?/m0/s1. The smallest absolute Gasteiger partial charge is 0.325 e. The van der Waals surface area contributed by atoms with Crippen molar-refractivity contribution in [3.63, 3.8) is 0 Å². The third kappa shape index (κ3) is 5.47. The number of carbonyl (C=O) groups is 5. The average Bonchev–Trinajstić information content (AvgIpc) is 3.69. The molecule has 220 valence electrons. The molecule has 42 heavy (non-hydrogen) atoms. The van der Waals surface area contributed by atoms with Crippen molar-refractivity contribution < 1.29 is 28.4 Å². The number of halogens is 1. The first-order chi connectivity index (χ1) is 20.1. The number of urea groups is 1. The Hall–Kier alpha value is -4.28. The number of nitrogens with one attached hydrogen (secondary N) is 3. The Kier molecular flexibility index (Phi) is 7.20. The predicted molar refractivity (Wildman–Crippen MR) is 150 cm³/mol. The molecule has 1 unspecified atom stereocenters. The van der Waals surface area contributed by atoms with Gasteiger partial charge in [0.2, 0.25) is 17.7 Å². The van der Waals surface area contributed by atoms with Crippen LogP contribution in [-0.4, -0.2) is 63.6 Å². The number of aryl methyl sites for hydroxylation is 1. The van der Waals surface area contributed by atoms with Gasteiger partial charge in [0.15, 0.2) is 0 Å². The Balaban J connectivity index is 1.15. The highest BCUT2D eigenvalue weighted by atomic mass is 19.1. The summed E-state index contributed by atoms with van der Waals surface area (Å²) in [7, 11) is 0. The molecule has 3 atom stereocenters. The van der Waals surface area contributed by atoms with Crippen molar-refractivity contribution in [2.24, 2.45) is 5.92 Å². The van der Waals surface area contributed by atoms with E-state index in [4.69, 9.17) is 0 Å². The molecule has 4 aliphatic rings. The number of carbonyl (C=O) groups excluding carboxylic acids is 5. The van der Waals surface area contributed by atoms with E-state index in [1.165, 1.54) is 12.1 Å². The summed E-state index contributed by atoms with van der Waals surface area (Å²) < 4.78 is 13.5. The fraction of sp³-hybridized carbons (Fsp3) is 0.452. The van der Waals surface area contributed by atoms with Gasteiger partial charge in [-0.05, 0) is 85.9 Å². The highest BCUT2D eigenvalue weighted by Gasteiger charge is 2.53. The molecule has 3 fully saturated rings. The lowest BCUT2D eigenvalue weighted by Gasteiger charge is -2.33. The molecule has 11 heteroatoms. The summed E-state index contributed by atoms with van der Waals surface area (Å²) in [5.41, 5.74) is 2.00. The lowest BCUT2D eigenvalue weighted by molar-refractivity contribution is -0.141. The second-order valence-electron chi connectivity index (χ2n) is 11.9. The van der Waals surface area contributed by atoms with Gasteiger partial charge in [0, 0.05) is 31.1 Å². The van der Waals surface area contributed by atoms with Crippen LogP contribution in [0, 0.1) is 11.7 Å². The molecule has 0 radical (unpaired) electrons. The second-order valence-corrected chi connectivity index (χ2v) is 11.9. The van der Waals surface area contributed by atoms with Crippen LogP contribution in [0.1, 0.15) is 55.7 Å². The SMILES string of the molecule is C[C@@H](C1CC1)N(Cc1ccc(F)cc1)C(=O)CN1C(=O)NC2(CCc3ccc(NC(=O)[C@H]4CCC(=O)N4)cc3C2)C1=O. The zero-order valence-electron chi connectivity index (χ0n) is 23.5. The lowest BCUT2D eigenvalue weighted by Crippen LogP contribution is -2.52. The fourth-order valence-corrected chi connectivity index (χ4v) is 6.33. The number of nitrogens with zero attached hydrogens (tertiary/aromatic N) is 2. The van der Waals surface area contributed by atoms with Crippen LogP contribution in [0.4, 0.5) is 14.9 Å². The number of hydrogen-bond donors (Lipinski definition) is 3. The normalized spacial score (nSPS) is 23.8. The molecule has 0 bridgehead atoms.